The zero-order valence-electron chi connectivity index (χ0n) is 38.8. The number of hydrogen-bond acceptors (Lipinski definition) is 30. The van der Waals surface area contributed by atoms with Crippen LogP contribution in [0.4, 0.5) is 0 Å². The number of aliphatic hydroxyl groups excluding tert-OH is 17. The Labute approximate surface area is 408 Å². The van der Waals surface area contributed by atoms with E-state index in [2.05, 4.69) is 10.6 Å². The molecule has 5 aliphatic heterocycles. The van der Waals surface area contributed by atoms with Crippen LogP contribution in [0.1, 0.15) is 20.8 Å². The van der Waals surface area contributed by atoms with E-state index in [1.165, 1.54) is 6.92 Å². The van der Waals surface area contributed by atoms with Gasteiger partial charge in [0.15, 0.2) is 37.7 Å². The Kier molecular flexibility index (Phi) is 22.3. The minimum atomic E-state index is -2.28. The molecule has 1 unspecified atom stereocenters. The normalized spacial score (nSPS) is 45.6. The number of amides is 2. The van der Waals surface area contributed by atoms with Gasteiger partial charge in [-0.25, -0.2) is 0 Å². The van der Waals surface area contributed by atoms with Crippen molar-refractivity contribution in [2.45, 2.75) is 199 Å². The molecule has 0 aromatic heterocycles. The summed E-state index contributed by atoms with van der Waals surface area (Å²) in [7, 11) is 0. The van der Waals surface area contributed by atoms with E-state index in [4.69, 9.17) is 47.4 Å². The van der Waals surface area contributed by atoms with Crippen LogP contribution in [0.15, 0.2) is 0 Å². The average molecular weight is 1060 g/mol. The molecule has 32 nitrogen and oxygen atoms in total. The average Bonchev–Trinajstić information content (AvgIpc) is 3.35. The molecular weight excluding hydrogens is 988 g/mol. The summed E-state index contributed by atoms with van der Waals surface area (Å²) >= 11 is 0. The van der Waals surface area contributed by atoms with Crippen LogP contribution in [0.5, 0.6) is 0 Å². The smallest absolute Gasteiger partial charge is 0.217 e. The van der Waals surface area contributed by atoms with Crippen LogP contribution < -0.4 is 10.6 Å². The minimum Gasteiger partial charge on any atom is -0.394 e. The maximum absolute atomic E-state index is 12.9. The zero-order valence-corrected chi connectivity index (χ0v) is 38.8. The van der Waals surface area contributed by atoms with Crippen molar-refractivity contribution in [3.05, 3.63) is 0 Å². The summed E-state index contributed by atoms with van der Waals surface area (Å²) < 4.78 is 58.5. The van der Waals surface area contributed by atoms with Gasteiger partial charge in [-0.2, -0.15) is 0 Å². The van der Waals surface area contributed by atoms with Gasteiger partial charge in [0.2, 0.25) is 11.8 Å². The van der Waals surface area contributed by atoms with E-state index >= 15 is 0 Å². The second kappa shape index (κ2) is 26.5. The molecule has 0 saturated carbocycles. The maximum Gasteiger partial charge on any atom is 0.217 e. The number of rotatable bonds is 21. The fourth-order valence-corrected chi connectivity index (χ4v) is 8.78. The van der Waals surface area contributed by atoms with Crippen LogP contribution in [0.25, 0.3) is 0 Å². The molecule has 5 rings (SSSR count). The molecule has 0 spiro atoms. The number of aliphatic hydroxyl groups is 17. The zero-order chi connectivity index (χ0) is 53.6. The first-order valence-electron chi connectivity index (χ1n) is 22.7. The van der Waals surface area contributed by atoms with Crippen molar-refractivity contribution in [2.24, 2.45) is 0 Å². The first-order chi connectivity index (χ1) is 34.0. The monoisotopic (exact) mass is 1060 g/mol. The molecule has 418 valence electrons. The number of ether oxygens (including phenoxy) is 10. The third kappa shape index (κ3) is 13.4. The molecule has 32 heteroatoms. The molecule has 19 N–H and O–H groups in total. The molecule has 0 radical (unpaired) electrons. The van der Waals surface area contributed by atoms with Gasteiger partial charge in [-0.1, -0.05) is 0 Å². The Bertz CT molecular complexity index is 1710. The molecule has 5 fully saturated rings. The van der Waals surface area contributed by atoms with Crippen LogP contribution in [-0.2, 0) is 61.8 Å². The van der Waals surface area contributed by atoms with Gasteiger partial charge in [-0.15, -0.1) is 0 Å². The predicted molar refractivity (Wildman–Crippen MR) is 222 cm³/mol. The predicted octanol–water partition coefficient (Wildman–Crippen LogP) is -12.9. The highest BCUT2D eigenvalue weighted by Gasteiger charge is 2.58. The van der Waals surface area contributed by atoms with E-state index in [1.54, 1.807) is 0 Å². The third-order valence-corrected chi connectivity index (χ3v) is 12.8. The SMILES string of the molecule is CC(=O)N[C@H]1[C@@H](O[C@H]2[C@@H](O)[C@@H](CO)OC(O[C@H]3[C@H](O)[C@@H](CO)O[C@@H](O[C@H]4[C@@H](O)[C@@H](CO)O[C@@H](O[C@@H]([C@H](O)[C@@H](O)C=O)[C@H](O)CO)[C@@H]4O)[C@@H]3NC(C)=O)[C@@H]2O[C@@H]2O[C@@H](C)[C@@H](O)[C@@H](O)[C@@H]2O)O[C@H](CO)[C@H](O)[C@@H]1O. The molecule has 5 saturated heterocycles. The van der Waals surface area contributed by atoms with Gasteiger partial charge in [0.05, 0.1) is 39.1 Å². The number of nitrogens with one attached hydrogen (secondary N) is 2. The highest BCUT2D eigenvalue weighted by molar-refractivity contribution is 5.73. The second-order valence-electron chi connectivity index (χ2n) is 17.9. The van der Waals surface area contributed by atoms with Gasteiger partial charge >= 0.3 is 0 Å². The fourth-order valence-electron chi connectivity index (χ4n) is 8.78. The molecule has 0 aromatic carbocycles. The van der Waals surface area contributed by atoms with Gasteiger partial charge in [0, 0.05) is 13.8 Å². The highest BCUT2D eigenvalue weighted by atomic mass is 16.8. The summed E-state index contributed by atoms with van der Waals surface area (Å²) in [6.45, 7) is -2.05. The van der Waals surface area contributed by atoms with Crippen molar-refractivity contribution >= 4 is 18.1 Å². The molecule has 2 amide bonds. The summed E-state index contributed by atoms with van der Waals surface area (Å²) in [6, 6.07) is -3.58. The van der Waals surface area contributed by atoms with E-state index in [0.29, 0.717) is 0 Å². The first kappa shape index (κ1) is 60.4. The van der Waals surface area contributed by atoms with Crippen molar-refractivity contribution in [1.82, 2.24) is 10.6 Å². The lowest BCUT2D eigenvalue weighted by atomic mass is 9.93. The van der Waals surface area contributed by atoms with E-state index in [0.717, 1.165) is 13.8 Å². The lowest BCUT2D eigenvalue weighted by Crippen LogP contribution is -2.71. The molecule has 0 aliphatic carbocycles. The Hall–Kier alpha value is -2.47. The second-order valence-corrected chi connectivity index (χ2v) is 17.9. The Morgan fingerprint density at radius 2 is 0.944 bits per heavy atom. The number of carbonyl (C=O) groups excluding carboxylic acids is 3. The number of carbonyl (C=O) groups is 3. The lowest BCUT2D eigenvalue weighted by Gasteiger charge is -2.52. The van der Waals surface area contributed by atoms with E-state index in [1.807, 2.05) is 0 Å². The van der Waals surface area contributed by atoms with Crippen LogP contribution >= 0.6 is 0 Å². The van der Waals surface area contributed by atoms with E-state index in [-0.39, 0.29) is 6.29 Å². The summed E-state index contributed by atoms with van der Waals surface area (Å²) in [5.74, 6) is -1.73. The number of hydrogen-bond donors (Lipinski definition) is 19. The van der Waals surface area contributed by atoms with Crippen molar-refractivity contribution in [3.63, 3.8) is 0 Å². The fraction of sp³-hybridized carbons (Fsp3) is 0.925. The standard InChI is InChI=1S/C40H68N2O30/c1-10-21(53)28(60)29(61)38(63-10)72-35-34(71-36-19(41-11(2)49)27(59)23(55)15(6-45)64-36)26(58)18(9-48)67-40(35)69-32-20(42-12(3)50)37(65-16(7-46)24(32)56)70-33-25(57)17(8-47)66-39(30(33)62)68-31(14(52)5-44)22(54)13(51)4-43/h4,10,13-40,44-48,51-62H,5-9H2,1-3H3,(H,41,49)(H,42,50)/t10-,13-,14+,15+,16+,17+,18+,19+,20+,21+,22+,23-,24+,25-,26-,27+,28+,29-,30+,31+,32+,33-,34-,35+,36+,37-,38-,39-,40?/m0/s1. The van der Waals surface area contributed by atoms with Crippen LogP contribution in [0.2, 0.25) is 0 Å². The Morgan fingerprint density at radius 3 is 1.47 bits per heavy atom. The Morgan fingerprint density at radius 1 is 0.500 bits per heavy atom. The van der Waals surface area contributed by atoms with Crippen LogP contribution in [0.3, 0.4) is 0 Å². The molecule has 0 aromatic rings. The largest absolute Gasteiger partial charge is 0.394 e. The molecular formula is C40H68N2O30. The van der Waals surface area contributed by atoms with Gasteiger partial charge in [0.1, 0.15) is 140 Å². The topological polar surface area (TPSA) is 511 Å². The van der Waals surface area contributed by atoms with Gasteiger partial charge in [0.25, 0.3) is 0 Å². The maximum atomic E-state index is 12.9. The quantitative estimate of drug-likeness (QED) is 0.0475. The summed E-state index contributed by atoms with van der Waals surface area (Å²) in [6.07, 6.45) is -53.8. The van der Waals surface area contributed by atoms with Gasteiger partial charge in [-0.05, 0) is 6.92 Å². The van der Waals surface area contributed by atoms with Gasteiger partial charge in [-0.3, -0.25) is 9.59 Å². The molecule has 0 bridgehead atoms. The molecule has 29 atom stereocenters. The van der Waals surface area contributed by atoms with E-state index < -0.39 is 223 Å². The number of aldehydes is 1. The summed E-state index contributed by atoms with van der Waals surface area (Å²) in [4.78, 5) is 36.5. The highest BCUT2D eigenvalue weighted by Crippen LogP contribution is 2.37. The van der Waals surface area contributed by atoms with Crippen molar-refractivity contribution in [1.29, 1.82) is 0 Å². The van der Waals surface area contributed by atoms with E-state index in [9.17, 15) is 101 Å². The summed E-state index contributed by atoms with van der Waals surface area (Å²) in [5, 5.41) is 187. The van der Waals surface area contributed by atoms with Crippen molar-refractivity contribution in [2.75, 3.05) is 33.0 Å². The molecule has 5 aliphatic rings. The molecule has 5 heterocycles. The van der Waals surface area contributed by atoms with Crippen LogP contribution in [-0.4, -0.2) is 316 Å². The molecule has 72 heavy (non-hydrogen) atoms. The van der Waals surface area contributed by atoms with Crippen molar-refractivity contribution in [3.8, 4) is 0 Å². The third-order valence-electron chi connectivity index (χ3n) is 12.8. The summed E-state index contributed by atoms with van der Waals surface area (Å²) in [5.41, 5.74) is 0. The first-order valence-corrected chi connectivity index (χ1v) is 22.7. The minimum absolute atomic E-state index is 0.142. The Balaban J connectivity index is 1.56. The van der Waals surface area contributed by atoms with Crippen LogP contribution in [0, 0.1) is 0 Å². The van der Waals surface area contributed by atoms with Crippen molar-refractivity contribution < 1.29 is 149 Å². The van der Waals surface area contributed by atoms with Gasteiger partial charge < -0.3 is 150 Å². The lowest BCUT2D eigenvalue weighted by molar-refractivity contribution is -0.400.